The van der Waals surface area contributed by atoms with Gasteiger partial charge in [0.1, 0.15) is 11.5 Å². The highest BCUT2D eigenvalue weighted by Crippen LogP contribution is 2.29. The van der Waals surface area contributed by atoms with Crippen molar-refractivity contribution >= 4 is 40.5 Å². The number of hydrogen-bond acceptors (Lipinski definition) is 3. The van der Waals surface area contributed by atoms with Crippen molar-refractivity contribution < 1.29 is 9.53 Å². The second kappa shape index (κ2) is 8.47. The number of thiocarbonyl (C=S) groups is 1. The first-order chi connectivity index (χ1) is 12.6. The van der Waals surface area contributed by atoms with Gasteiger partial charge in [-0.3, -0.25) is 10.1 Å². The Morgan fingerprint density at radius 2 is 1.54 bits per heavy atom. The lowest BCUT2D eigenvalue weighted by atomic mass is 10.2. The molecule has 6 heteroatoms. The van der Waals surface area contributed by atoms with Crippen LogP contribution in [-0.4, -0.2) is 11.0 Å². The van der Waals surface area contributed by atoms with Gasteiger partial charge in [0.05, 0.1) is 5.02 Å². The molecule has 2 N–H and O–H groups in total. The lowest BCUT2D eigenvalue weighted by Gasteiger charge is -2.11. The average Bonchev–Trinajstić information content (AvgIpc) is 2.66. The van der Waals surface area contributed by atoms with E-state index in [9.17, 15) is 4.79 Å². The molecule has 4 nitrogen and oxygen atoms in total. The van der Waals surface area contributed by atoms with E-state index < -0.39 is 0 Å². The zero-order valence-corrected chi connectivity index (χ0v) is 15.2. The second-order valence-corrected chi connectivity index (χ2v) is 6.15. The average molecular weight is 383 g/mol. The lowest BCUT2D eigenvalue weighted by Crippen LogP contribution is -2.34. The Labute approximate surface area is 161 Å². The van der Waals surface area contributed by atoms with Crippen LogP contribution in [0.4, 0.5) is 5.69 Å². The van der Waals surface area contributed by atoms with Gasteiger partial charge in [-0.25, -0.2) is 0 Å². The van der Waals surface area contributed by atoms with Gasteiger partial charge < -0.3 is 10.1 Å². The fourth-order valence-corrected chi connectivity index (χ4v) is 2.57. The standard InChI is InChI=1S/C20H15ClN2O2S/c21-17-8-4-5-9-18(17)25-16-12-10-15(11-13-16)22-20(26)23-19(24)14-6-2-1-3-7-14/h1-13H,(H2,22,23,24,26). The largest absolute Gasteiger partial charge is 0.456 e. The van der Waals surface area contributed by atoms with Crippen molar-refractivity contribution in [2.45, 2.75) is 0 Å². The van der Waals surface area contributed by atoms with Gasteiger partial charge in [0.25, 0.3) is 5.91 Å². The third-order valence-corrected chi connectivity index (χ3v) is 3.96. The first-order valence-corrected chi connectivity index (χ1v) is 8.60. The van der Waals surface area contributed by atoms with E-state index in [1.54, 1.807) is 60.7 Å². The first-order valence-electron chi connectivity index (χ1n) is 7.81. The molecule has 130 valence electrons. The molecule has 0 bridgehead atoms. The molecule has 0 aliphatic heterocycles. The highest BCUT2D eigenvalue weighted by Gasteiger charge is 2.07. The Hall–Kier alpha value is -2.89. The Bertz CT molecular complexity index is 915. The Morgan fingerprint density at radius 3 is 2.23 bits per heavy atom. The SMILES string of the molecule is O=C(NC(=S)Nc1ccc(Oc2ccccc2Cl)cc1)c1ccccc1. The molecule has 0 aliphatic carbocycles. The normalized spacial score (nSPS) is 10.0. The van der Waals surface area contributed by atoms with E-state index in [4.69, 9.17) is 28.6 Å². The molecule has 0 radical (unpaired) electrons. The summed E-state index contributed by atoms with van der Waals surface area (Å²) in [6.45, 7) is 0. The van der Waals surface area contributed by atoms with Gasteiger partial charge in [-0.15, -0.1) is 0 Å². The molecule has 0 unspecified atom stereocenters. The minimum Gasteiger partial charge on any atom is -0.456 e. The zero-order chi connectivity index (χ0) is 18.4. The minimum absolute atomic E-state index is 0.221. The number of ether oxygens (including phenoxy) is 1. The number of benzene rings is 3. The van der Waals surface area contributed by atoms with Crippen LogP contribution in [0.1, 0.15) is 10.4 Å². The topological polar surface area (TPSA) is 50.4 Å². The van der Waals surface area contributed by atoms with Crippen molar-refractivity contribution in [1.29, 1.82) is 0 Å². The summed E-state index contributed by atoms with van der Waals surface area (Å²) in [5, 5.41) is 6.36. The number of para-hydroxylation sites is 1. The van der Waals surface area contributed by atoms with Gasteiger partial charge >= 0.3 is 0 Å². The monoisotopic (exact) mass is 382 g/mol. The number of halogens is 1. The van der Waals surface area contributed by atoms with Gasteiger partial charge in [0, 0.05) is 11.3 Å². The predicted octanol–water partition coefficient (Wildman–Crippen LogP) is 5.26. The lowest BCUT2D eigenvalue weighted by molar-refractivity contribution is 0.0977. The summed E-state index contributed by atoms with van der Waals surface area (Å²) in [5.41, 5.74) is 1.27. The van der Waals surface area contributed by atoms with Gasteiger partial charge in [-0.05, 0) is 60.7 Å². The second-order valence-electron chi connectivity index (χ2n) is 5.33. The molecule has 0 fully saturated rings. The van der Waals surface area contributed by atoms with Crippen molar-refractivity contribution in [3.05, 3.63) is 89.4 Å². The predicted molar refractivity (Wildman–Crippen MR) is 108 cm³/mol. The maximum absolute atomic E-state index is 12.1. The number of hydrogen-bond donors (Lipinski definition) is 2. The molecular formula is C20H15ClN2O2S. The fourth-order valence-electron chi connectivity index (χ4n) is 2.19. The third-order valence-electron chi connectivity index (χ3n) is 3.44. The molecule has 3 aromatic rings. The van der Waals surface area contributed by atoms with E-state index in [-0.39, 0.29) is 11.0 Å². The Morgan fingerprint density at radius 1 is 0.885 bits per heavy atom. The van der Waals surface area contributed by atoms with Crippen LogP contribution < -0.4 is 15.4 Å². The van der Waals surface area contributed by atoms with Crippen molar-refractivity contribution in [3.8, 4) is 11.5 Å². The summed E-state index contributed by atoms with van der Waals surface area (Å²) in [6, 6.07) is 23.3. The third kappa shape index (κ3) is 4.81. The summed E-state index contributed by atoms with van der Waals surface area (Å²) in [6.07, 6.45) is 0. The molecule has 0 heterocycles. The molecule has 1 amide bonds. The van der Waals surface area contributed by atoms with Crippen LogP contribution in [0.25, 0.3) is 0 Å². The van der Waals surface area contributed by atoms with Crippen LogP contribution in [0, 0.1) is 0 Å². The zero-order valence-electron chi connectivity index (χ0n) is 13.6. The smallest absolute Gasteiger partial charge is 0.257 e. The van der Waals surface area contributed by atoms with Crippen molar-refractivity contribution in [2.75, 3.05) is 5.32 Å². The summed E-state index contributed by atoms with van der Waals surface area (Å²) < 4.78 is 5.73. The highest BCUT2D eigenvalue weighted by atomic mass is 35.5. The fraction of sp³-hybridized carbons (Fsp3) is 0. The Kier molecular flexibility index (Phi) is 5.84. The molecular weight excluding hydrogens is 368 g/mol. The van der Waals surface area contributed by atoms with Crippen LogP contribution in [0.15, 0.2) is 78.9 Å². The number of rotatable bonds is 4. The van der Waals surface area contributed by atoms with E-state index in [1.807, 2.05) is 18.2 Å². The van der Waals surface area contributed by atoms with Crippen LogP contribution in [0.3, 0.4) is 0 Å². The maximum atomic E-state index is 12.1. The van der Waals surface area contributed by atoms with Gasteiger partial charge in [-0.2, -0.15) is 0 Å². The summed E-state index contributed by atoms with van der Waals surface area (Å²) in [5.74, 6) is 0.963. The molecule has 0 saturated heterocycles. The van der Waals surface area contributed by atoms with E-state index in [0.717, 1.165) is 5.69 Å². The number of anilines is 1. The van der Waals surface area contributed by atoms with Crippen molar-refractivity contribution in [1.82, 2.24) is 5.32 Å². The van der Waals surface area contributed by atoms with E-state index in [0.29, 0.717) is 22.1 Å². The number of carbonyl (C=O) groups excluding carboxylic acids is 1. The van der Waals surface area contributed by atoms with Crippen LogP contribution >= 0.6 is 23.8 Å². The summed E-state index contributed by atoms with van der Waals surface area (Å²) >= 11 is 11.3. The maximum Gasteiger partial charge on any atom is 0.257 e. The number of carbonyl (C=O) groups is 1. The molecule has 0 saturated carbocycles. The van der Waals surface area contributed by atoms with Crippen molar-refractivity contribution in [3.63, 3.8) is 0 Å². The molecule has 0 atom stereocenters. The number of nitrogens with one attached hydrogen (secondary N) is 2. The molecule has 26 heavy (non-hydrogen) atoms. The van der Waals surface area contributed by atoms with Crippen LogP contribution in [0.5, 0.6) is 11.5 Å². The Balaban J connectivity index is 1.58. The van der Waals surface area contributed by atoms with E-state index >= 15 is 0 Å². The molecule has 0 aromatic heterocycles. The number of amides is 1. The van der Waals surface area contributed by atoms with Crippen LogP contribution in [0.2, 0.25) is 5.02 Å². The molecule has 0 aliphatic rings. The van der Waals surface area contributed by atoms with Crippen LogP contribution in [-0.2, 0) is 0 Å². The van der Waals surface area contributed by atoms with Gasteiger partial charge in [0.15, 0.2) is 5.11 Å². The molecule has 3 aromatic carbocycles. The first kappa shape index (κ1) is 17.9. The summed E-state index contributed by atoms with van der Waals surface area (Å²) in [4.78, 5) is 12.1. The minimum atomic E-state index is -0.262. The van der Waals surface area contributed by atoms with Gasteiger partial charge in [0.2, 0.25) is 0 Å². The summed E-state index contributed by atoms with van der Waals surface area (Å²) in [7, 11) is 0. The van der Waals surface area contributed by atoms with E-state index in [1.165, 1.54) is 0 Å². The molecule has 3 rings (SSSR count). The van der Waals surface area contributed by atoms with Gasteiger partial charge in [-0.1, -0.05) is 41.9 Å². The van der Waals surface area contributed by atoms with E-state index in [2.05, 4.69) is 10.6 Å². The molecule has 0 spiro atoms. The van der Waals surface area contributed by atoms with Crippen molar-refractivity contribution in [2.24, 2.45) is 0 Å². The highest BCUT2D eigenvalue weighted by molar-refractivity contribution is 7.80. The quantitative estimate of drug-likeness (QED) is 0.604.